The van der Waals surface area contributed by atoms with E-state index in [1.807, 2.05) is 30.3 Å². The zero-order valence-electron chi connectivity index (χ0n) is 11.4. The predicted molar refractivity (Wildman–Crippen MR) is 76.8 cm³/mol. The van der Waals surface area contributed by atoms with Gasteiger partial charge in [0.25, 0.3) is 0 Å². The van der Waals surface area contributed by atoms with Crippen LogP contribution in [0.1, 0.15) is 11.3 Å². The molecule has 0 radical (unpaired) electrons. The average Bonchev–Trinajstić information content (AvgIpc) is 2.83. The number of anilines is 1. The van der Waals surface area contributed by atoms with Crippen LogP contribution in [0, 0.1) is 11.3 Å². The van der Waals surface area contributed by atoms with E-state index in [0.717, 1.165) is 11.3 Å². The van der Waals surface area contributed by atoms with Gasteiger partial charge in [-0.25, -0.2) is 4.98 Å². The first-order valence-corrected chi connectivity index (χ1v) is 6.00. The molecule has 0 fully saturated rings. The van der Waals surface area contributed by atoms with Crippen molar-refractivity contribution in [2.75, 3.05) is 19.9 Å². The van der Waals surface area contributed by atoms with Crippen molar-refractivity contribution >= 4 is 11.5 Å². The third-order valence-electron chi connectivity index (χ3n) is 2.94. The largest absolute Gasteiger partial charge is 0.497 e. The Morgan fingerprint density at radius 2 is 2.15 bits per heavy atom. The summed E-state index contributed by atoms with van der Waals surface area (Å²) in [5.74, 6) is 1.24. The minimum Gasteiger partial charge on any atom is -0.497 e. The lowest BCUT2D eigenvalue weighted by Gasteiger charge is -2.06. The number of ether oxygens (including phenoxy) is 1. The highest BCUT2D eigenvalue weighted by Crippen LogP contribution is 2.16. The Bertz CT molecular complexity index is 664. The van der Waals surface area contributed by atoms with Crippen LogP contribution in [0.25, 0.3) is 0 Å². The zero-order chi connectivity index (χ0) is 14.5. The highest BCUT2D eigenvalue weighted by atomic mass is 16.5. The summed E-state index contributed by atoms with van der Waals surface area (Å²) in [6.45, 7) is 0.575. The first-order valence-electron chi connectivity index (χ1n) is 6.00. The second-order valence-electron chi connectivity index (χ2n) is 4.14. The lowest BCUT2D eigenvalue weighted by atomic mass is 10.2. The molecule has 2 aromatic rings. The van der Waals surface area contributed by atoms with Crippen molar-refractivity contribution in [1.82, 2.24) is 9.55 Å². The maximum absolute atomic E-state index is 8.96. The quantitative estimate of drug-likeness (QED) is 0.851. The molecule has 6 heteroatoms. The van der Waals surface area contributed by atoms with Crippen molar-refractivity contribution in [2.45, 2.75) is 6.54 Å². The standard InChI is InChI=1S/C14H15N5O/c1-17-12(7-15)13-14(16)19(9-18-13)8-10-3-5-11(20-2)6-4-10/h3-6,9H,8,16H2,1-2H3. The monoisotopic (exact) mass is 269 g/mol. The fraction of sp³-hybridized carbons (Fsp3) is 0.214. The van der Waals surface area contributed by atoms with Crippen LogP contribution < -0.4 is 10.5 Å². The molecule has 0 aliphatic carbocycles. The lowest BCUT2D eigenvalue weighted by Crippen LogP contribution is -2.07. The molecule has 1 heterocycles. The molecule has 0 saturated heterocycles. The maximum atomic E-state index is 8.96. The molecule has 0 atom stereocenters. The van der Waals surface area contributed by atoms with E-state index in [-0.39, 0.29) is 5.71 Å². The number of hydrogen-bond acceptors (Lipinski definition) is 5. The number of nitrogen functional groups attached to an aromatic ring is 1. The SMILES string of the molecule is CN=C(C#N)c1ncn(Cc2ccc(OC)cc2)c1N. The van der Waals surface area contributed by atoms with Crippen molar-refractivity contribution in [2.24, 2.45) is 4.99 Å². The van der Waals surface area contributed by atoms with E-state index in [2.05, 4.69) is 9.98 Å². The van der Waals surface area contributed by atoms with Gasteiger partial charge in [-0.2, -0.15) is 5.26 Å². The van der Waals surface area contributed by atoms with E-state index < -0.39 is 0 Å². The first kappa shape index (κ1) is 13.6. The van der Waals surface area contributed by atoms with E-state index in [0.29, 0.717) is 18.1 Å². The Labute approximate surface area is 117 Å². The predicted octanol–water partition coefficient (Wildman–Crippen LogP) is 1.46. The van der Waals surface area contributed by atoms with E-state index in [4.69, 9.17) is 15.7 Å². The molecule has 2 N–H and O–H groups in total. The van der Waals surface area contributed by atoms with Crippen LogP contribution in [0.4, 0.5) is 5.82 Å². The van der Waals surface area contributed by atoms with Crippen LogP contribution in [0.15, 0.2) is 35.6 Å². The normalized spacial score (nSPS) is 11.2. The fourth-order valence-corrected chi connectivity index (χ4v) is 1.84. The summed E-state index contributed by atoms with van der Waals surface area (Å²) in [6, 6.07) is 9.66. The molecular weight excluding hydrogens is 254 g/mol. The van der Waals surface area contributed by atoms with Crippen molar-refractivity contribution in [3.05, 3.63) is 41.9 Å². The van der Waals surface area contributed by atoms with Crippen LogP contribution in [-0.4, -0.2) is 29.4 Å². The lowest BCUT2D eigenvalue weighted by molar-refractivity contribution is 0.414. The van der Waals surface area contributed by atoms with Gasteiger partial charge >= 0.3 is 0 Å². The van der Waals surface area contributed by atoms with Crippen LogP contribution >= 0.6 is 0 Å². The number of benzene rings is 1. The molecule has 0 bridgehead atoms. The van der Waals surface area contributed by atoms with E-state index in [1.165, 1.54) is 0 Å². The van der Waals surface area contributed by atoms with Crippen molar-refractivity contribution in [1.29, 1.82) is 5.26 Å². The molecular formula is C14H15N5O. The Morgan fingerprint density at radius 1 is 1.45 bits per heavy atom. The summed E-state index contributed by atoms with van der Waals surface area (Å²) in [7, 11) is 3.17. The van der Waals surface area contributed by atoms with Crippen LogP contribution in [0.2, 0.25) is 0 Å². The van der Waals surface area contributed by atoms with Gasteiger partial charge in [0.1, 0.15) is 23.3 Å². The summed E-state index contributed by atoms with van der Waals surface area (Å²) < 4.78 is 6.89. The number of nitrogens with zero attached hydrogens (tertiary/aromatic N) is 4. The first-order chi connectivity index (χ1) is 9.69. The van der Waals surface area contributed by atoms with Gasteiger partial charge in [-0.1, -0.05) is 12.1 Å². The minimum atomic E-state index is 0.232. The summed E-state index contributed by atoms with van der Waals surface area (Å²) in [4.78, 5) is 8.01. The van der Waals surface area contributed by atoms with Gasteiger partial charge in [0.2, 0.25) is 0 Å². The zero-order valence-corrected chi connectivity index (χ0v) is 11.4. The Balaban J connectivity index is 2.24. The smallest absolute Gasteiger partial charge is 0.164 e. The number of rotatable bonds is 4. The van der Waals surface area contributed by atoms with Gasteiger partial charge < -0.3 is 15.0 Å². The molecule has 0 aliphatic heterocycles. The summed E-state index contributed by atoms with van der Waals surface area (Å²) >= 11 is 0. The van der Waals surface area contributed by atoms with E-state index in [1.54, 1.807) is 25.1 Å². The third-order valence-corrected chi connectivity index (χ3v) is 2.94. The van der Waals surface area contributed by atoms with Gasteiger partial charge in [-0.15, -0.1) is 0 Å². The van der Waals surface area contributed by atoms with Crippen LogP contribution in [-0.2, 0) is 6.54 Å². The molecule has 1 aromatic carbocycles. The van der Waals surface area contributed by atoms with Crippen molar-refractivity contribution < 1.29 is 4.74 Å². The number of nitriles is 1. The van der Waals surface area contributed by atoms with Crippen molar-refractivity contribution in [3.8, 4) is 11.8 Å². The number of aliphatic imine (C=N–C) groups is 1. The molecule has 0 aliphatic rings. The Hall–Kier alpha value is -2.81. The van der Waals surface area contributed by atoms with Gasteiger partial charge in [0, 0.05) is 7.05 Å². The second kappa shape index (κ2) is 5.89. The Morgan fingerprint density at radius 3 is 2.70 bits per heavy atom. The number of imidazole rings is 1. The highest BCUT2D eigenvalue weighted by Gasteiger charge is 2.13. The maximum Gasteiger partial charge on any atom is 0.164 e. The summed E-state index contributed by atoms with van der Waals surface area (Å²) in [5, 5.41) is 8.96. The van der Waals surface area contributed by atoms with Gasteiger partial charge in [-0.3, -0.25) is 4.99 Å². The van der Waals surface area contributed by atoms with E-state index in [9.17, 15) is 0 Å². The second-order valence-corrected chi connectivity index (χ2v) is 4.14. The molecule has 0 amide bonds. The Kier molecular flexibility index (Phi) is 4.01. The topological polar surface area (TPSA) is 89.2 Å². The average molecular weight is 269 g/mol. The molecule has 20 heavy (non-hydrogen) atoms. The van der Waals surface area contributed by atoms with E-state index >= 15 is 0 Å². The molecule has 0 unspecified atom stereocenters. The number of nitrogens with two attached hydrogens (primary N) is 1. The number of aromatic nitrogens is 2. The molecule has 2 rings (SSSR count). The number of methoxy groups -OCH3 is 1. The molecule has 1 aromatic heterocycles. The fourth-order valence-electron chi connectivity index (χ4n) is 1.84. The van der Waals surface area contributed by atoms with Crippen LogP contribution in [0.5, 0.6) is 5.75 Å². The van der Waals surface area contributed by atoms with Gasteiger partial charge in [-0.05, 0) is 17.7 Å². The highest BCUT2D eigenvalue weighted by molar-refractivity contribution is 6.12. The third kappa shape index (κ3) is 2.62. The van der Waals surface area contributed by atoms with Gasteiger partial charge in [0.05, 0.1) is 20.0 Å². The van der Waals surface area contributed by atoms with Gasteiger partial charge in [0.15, 0.2) is 5.71 Å². The molecule has 6 nitrogen and oxygen atoms in total. The molecule has 0 spiro atoms. The number of hydrogen-bond donors (Lipinski definition) is 1. The molecule has 0 saturated carbocycles. The molecule has 102 valence electrons. The minimum absolute atomic E-state index is 0.232. The van der Waals surface area contributed by atoms with Crippen LogP contribution in [0.3, 0.4) is 0 Å². The summed E-state index contributed by atoms with van der Waals surface area (Å²) in [5.41, 5.74) is 7.72. The summed E-state index contributed by atoms with van der Waals surface area (Å²) in [6.07, 6.45) is 1.61. The van der Waals surface area contributed by atoms with Crippen molar-refractivity contribution in [3.63, 3.8) is 0 Å².